The van der Waals surface area contributed by atoms with Crippen molar-refractivity contribution in [3.05, 3.63) is 0 Å². The number of rotatable bonds is 0. The van der Waals surface area contributed by atoms with E-state index in [1.54, 1.807) is 0 Å². The lowest BCUT2D eigenvalue weighted by molar-refractivity contribution is -0.124. The first kappa shape index (κ1) is 6.60. The Labute approximate surface area is 63.5 Å². The topological polar surface area (TPSA) is 70.2 Å². The molecule has 2 saturated heterocycles. The molecule has 0 radical (unpaired) electrons. The van der Waals surface area contributed by atoms with Crippen LogP contribution in [0.1, 0.15) is 0 Å². The van der Waals surface area contributed by atoms with Crippen LogP contribution in [-0.4, -0.2) is 31.1 Å². The molecule has 2 atom stereocenters. The molecule has 3 N–H and O–H groups in total. The van der Waals surface area contributed by atoms with Crippen LogP contribution in [0.3, 0.4) is 0 Å². The quantitative estimate of drug-likeness (QED) is 0.395. The summed E-state index contributed by atoms with van der Waals surface area (Å²) >= 11 is 0. The molecule has 0 saturated carbocycles. The summed E-state index contributed by atoms with van der Waals surface area (Å²) in [5.41, 5.74) is 0. The Bertz CT molecular complexity index is 216. The second-order valence-corrected chi connectivity index (χ2v) is 2.83. The van der Waals surface area contributed by atoms with E-state index in [1.165, 1.54) is 0 Å². The second-order valence-electron chi connectivity index (χ2n) is 2.83. The number of nitrogens with one attached hydrogen (secondary N) is 3. The van der Waals surface area contributed by atoms with Gasteiger partial charge in [-0.1, -0.05) is 0 Å². The Kier molecular flexibility index (Phi) is 1.32. The summed E-state index contributed by atoms with van der Waals surface area (Å²) in [6, 6.07) is -0.379. The lowest BCUT2D eigenvalue weighted by Gasteiger charge is -2.24. The SMILES string of the molecule is O=C1NC(=O)[C@H]2CNC[C@@H]2N1. The van der Waals surface area contributed by atoms with E-state index in [0.29, 0.717) is 13.1 Å². The van der Waals surface area contributed by atoms with Crippen LogP contribution in [0.15, 0.2) is 0 Å². The van der Waals surface area contributed by atoms with Crippen molar-refractivity contribution < 1.29 is 9.59 Å². The van der Waals surface area contributed by atoms with Crippen molar-refractivity contribution in [2.75, 3.05) is 13.1 Å². The van der Waals surface area contributed by atoms with Gasteiger partial charge in [0.25, 0.3) is 0 Å². The Morgan fingerprint density at radius 2 is 2.09 bits per heavy atom. The van der Waals surface area contributed by atoms with E-state index in [9.17, 15) is 9.59 Å². The van der Waals surface area contributed by atoms with E-state index >= 15 is 0 Å². The maximum absolute atomic E-state index is 11.1. The van der Waals surface area contributed by atoms with Gasteiger partial charge in [-0.25, -0.2) is 4.79 Å². The molecular formula is C6H9N3O2. The van der Waals surface area contributed by atoms with E-state index in [0.717, 1.165) is 0 Å². The number of carbonyl (C=O) groups is 2. The van der Waals surface area contributed by atoms with E-state index in [1.807, 2.05) is 0 Å². The fraction of sp³-hybridized carbons (Fsp3) is 0.667. The molecule has 0 aromatic carbocycles. The molecule has 2 rings (SSSR count). The van der Waals surface area contributed by atoms with E-state index in [4.69, 9.17) is 0 Å². The molecule has 2 heterocycles. The van der Waals surface area contributed by atoms with Gasteiger partial charge in [-0.15, -0.1) is 0 Å². The molecule has 2 aliphatic rings. The van der Waals surface area contributed by atoms with Crippen LogP contribution in [0.4, 0.5) is 4.79 Å². The van der Waals surface area contributed by atoms with Gasteiger partial charge >= 0.3 is 6.03 Å². The minimum Gasteiger partial charge on any atom is -0.333 e. The Balaban J connectivity index is 2.16. The summed E-state index contributed by atoms with van der Waals surface area (Å²) in [5, 5.41) is 7.94. The summed E-state index contributed by atoms with van der Waals surface area (Å²) < 4.78 is 0. The number of carbonyl (C=O) groups excluding carboxylic acids is 2. The highest BCUT2D eigenvalue weighted by Crippen LogP contribution is 2.11. The predicted octanol–water partition coefficient (Wildman–Crippen LogP) is -1.59. The zero-order valence-electron chi connectivity index (χ0n) is 5.89. The average Bonchev–Trinajstić information content (AvgIpc) is 2.34. The highest BCUT2D eigenvalue weighted by atomic mass is 16.2. The van der Waals surface area contributed by atoms with Gasteiger partial charge in [-0.05, 0) is 0 Å². The number of hydrogen-bond acceptors (Lipinski definition) is 3. The van der Waals surface area contributed by atoms with Gasteiger partial charge in [-0.3, -0.25) is 10.1 Å². The fourth-order valence-electron chi connectivity index (χ4n) is 1.51. The summed E-state index contributed by atoms with van der Waals surface area (Å²) in [6.07, 6.45) is 0. The molecule has 60 valence electrons. The van der Waals surface area contributed by atoms with Crippen LogP contribution in [0.25, 0.3) is 0 Å². The van der Waals surface area contributed by atoms with Crippen LogP contribution in [0.2, 0.25) is 0 Å². The van der Waals surface area contributed by atoms with Crippen LogP contribution in [0.5, 0.6) is 0 Å². The van der Waals surface area contributed by atoms with Gasteiger partial charge < -0.3 is 10.6 Å². The van der Waals surface area contributed by atoms with Crippen LogP contribution in [0, 0.1) is 5.92 Å². The molecule has 0 aliphatic carbocycles. The van der Waals surface area contributed by atoms with Crippen LogP contribution in [-0.2, 0) is 4.79 Å². The lowest BCUT2D eigenvalue weighted by Crippen LogP contribution is -2.57. The van der Waals surface area contributed by atoms with Gasteiger partial charge in [0, 0.05) is 13.1 Å². The number of hydrogen-bond donors (Lipinski definition) is 3. The molecule has 2 fully saturated rings. The third-order valence-corrected chi connectivity index (χ3v) is 2.10. The minimum atomic E-state index is -0.375. The molecule has 5 nitrogen and oxygen atoms in total. The summed E-state index contributed by atoms with van der Waals surface area (Å²) in [4.78, 5) is 21.8. The first-order valence-corrected chi connectivity index (χ1v) is 3.59. The van der Waals surface area contributed by atoms with Gasteiger partial charge in [0.15, 0.2) is 0 Å². The first-order valence-electron chi connectivity index (χ1n) is 3.59. The average molecular weight is 155 g/mol. The van der Waals surface area contributed by atoms with Crippen molar-refractivity contribution in [2.45, 2.75) is 6.04 Å². The standard InChI is InChI=1S/C6H9N3O2/c10-5-3-1-7-2-4(3)8-6(11)9-5/h3-4,7H,1-2H2,(H2,8,9,10,11)/t3-,4-/m0/s1. The predicted molar refractivity (Wildman–Crippen MR) is 36.8 cm³/mol. The van der Waals surface area contributed by atoms with Crippen molar-refractivity contribution in [2.24, 2.45) is 5.92 Å². The maximum Gasteiger partial charge on any atom is 0.321 e. The number of amides is 3. The zero-order chi connectivity index (χ0) is 7.84. The van der Waals surface area contributed by atoms with Gasteiger partial charge in [-0.2, -0.15) is 0 Å². The van der Waals surface area contributed by atoms with E-state index in [2.05, 4.69) is 16.0 Å². The molecular weight excluding hydrogens is 146 g/mol. The monoisotopic (exact) mass is 155 g/mol. The van der Waals surface area contributed by atoms with Crippen molar-refractivity contribution in [1.29, 1.82) is 0 Å². The number of imide groups is 1. The van der Waals surface area contributed by atoms with Crippen molar-refractivity contribution in [3.8, 4) is 0 Å². The smallest absolute Gasteiger partial charge is 0.321 e. The van der Waals surface area contributed by atoms with Crippen LogP contribution >= 0.6 is 0 Å². The molecule has 0 unspecified atom stereocenters. The third kappa shape index (κ3) is 0.970. The Morgan fingerprint density at radius 1 is 1.27 bits per heavy atom. The second kappa shape index (κ2) is 2.20. The molecule has 0 aromatic rings. The number of urea groups is 1. The molecule has 0 bridgehead atoms. The summed E-state index contributed by atoms with van der Waals surface area (Å²) in [5.74, 6) is -0.239. The van der Waals surface area contributed by atoms with Crippen molar-refractivity contribution in [3.63, 3.8) is 0 Å². The molecule has 3 amide bonds. The fourth-order valence-corrected chi connectivity index (χ4v) is 1.51. The molecule has 2 aliphatic heterocycles. The highest BCUT2D eigenvalue weighted by molar-refractivity contribution is 5.98. The van der Waals surface area contributed by atoms with Gasteiger partial charge in [0.05, 0.1) is 12.0 Å². The van der Waals surface area contributed by atoms with Crippen molar-refractivity contribution >= 4 is 11.9 Å². The van der Waals surface area contributed by atoms with E-state index in [-0.39, 0.29) is 23.9 Å². The highest BCUT2D eigenvalue weighted by Gasteiger charge is 2.38. The molecule has 0 aromatic heterocycles. The summed E-state index contributed by atoms with van der Waals surface area (Å²) in [6.45, 7) is 1.36. The van der Waals surface area contributed by atoms with Crippen LogP contribution < -0.4 is 16.0 Å². The molecule has 0 spiro atoms. The van der Waals surface area contributed by atoms with Crippen molar-refractivity contribution in [1.82, 2.24) is 16.0 Å². The van der Waals surface area contributed by atoms with Gasteiger partial charge in [0.2, 0.25) is 5.91 Å². The van der Waals surface area contributed by atoms with Gasteiger partial charge in [0.1, 0.15) is 0 Å². The molecule has 5 heteroatoms. The number of fused-ring (bicyclic) bond motifs is 1. The Morgan fingerprint density at radius 3 is 2.91 bits per heavy atom. The zero-order valence-corrected chi connectivity index (χ0v) is 5.89. The minimum absolute atomic E-state index is 0.00347. The van der Waals surface area contributed by atoms with E-state index < -0.39 is 0 Å². The largest absolute Gasteiger partial charge is 0.333 e. The molecule has 11 heavy (non-hydrogen) atoms. The normalized spacial score (nSPS) is 36.0. The summed E-state index contributed by atoms with van der Waals surface area (Å²) in [7, 11) is 0. The third-order valence-electron chi connectivity index (χ3n) is 2.10. The lowest BCUT2D eigenvalue weighted by atomic mass is 10.0. The first-order chi connectivity index (χ1) is 5.27. The maximum atomic E-state index is 11.1. The Hall–Kier alpha value is -1.10.